The smallest absolute Gasteiger partial charge is 0.126 e. The topological polar surface area (TPSA) is 36.3 Å². The fourth-order valence-corrected chi connectivity index (χ4v) is 2.33. The summed E-state index contributed by atoms with van der Waals surface area (Å²) in [6, 6.07) is 6.32. The fraction of sp³-hybridized carbons (Fsp3) is 0.500. The van der Waals surface area contributed by atoms with Gasteiger partial charge < -0.3 is 14.0 Å². The largest absolute Gasteiger partial charge is 0.491 e. The van der Waals surface area contributed by atoms with Crippen LogP contribution in [0.25, 0.3) is 0 Å². The van der Waals surface area contributed by atoms with Crippen molar-refractivity contribution >= 4 is 0 Å². The molecule has 22 heavy (non-hydrogen) atoms. The minimum absolute atomic E-state index is 0.0730. The Hall–Kier alpha value is -1.81. The molecule has 0 radical (unpaired) electrons. The third-order valence-electron chi connectivity index (χ3n) is 3.55. The van der Waals surface area contributed by atoms with Crippen molar-refractivity contribution in [3.63, 3.8) is 0 Å². The molecular formula is C18H26N2O2. The summed E-state index contributed by atoms with van der Waals surface area (Å²) in [4.78, 5) is 4.00. The first-order valence-electron chi connectivity index (χ1n) is 7.75. The maximum Gasteiger partial charge on any atom is 0.126 e. The highest BCUT2D eigenvalue weighted by Gasteiger charge is 2.19. The first-order chi connectivity index (χ1) is 10.5. The molecule has 2 rings (SSSR count). The molecule has 0 fully saturated rings. The van der Waals surface area contributed by atoms with E-state index in [9.17, 15) is 0 Å². The molecular weight excluding hydrogens is 276 g/mol. The van der Waals surface area contributed by atoms with E-state index in [0.717, 1.165) is 12.3 Å². The van der Waals surface area contributed by atoms with Crippen molar-refractivity contribution in [2.45, 2.75) is 39.7 Å². The van der Waals surface area contributed by atoms with Gasteiger partial charge in [0.15, 0.2) is 0 Å². The molecule has 4 heteroatoms. The van der Waals surface area contributed by atoms with Crippen molar-refractivity contribution in [2.75, 3.05) is 19.8 Å². The molecule has 0 unspecified atom stereocenters. The molecule has 0 saturated carbocycles. The SMILES string of the molecule is Cc1cccc(C(C)(C)C)c1OCCOCCn1ccnc1. The molecule has 120 valence electrons. The van der Waals surface area contributed by atoms with Gasteiger partial charge in [-0.1, -0.05) is 39.0 Å². The molecule has 0 saturated heterocycles. The van der Waals surface area contributed by atoms with Gasteiger partial charge in [-0.2, -0.15) is 0 Å². The van der Waals surface area contributed by atoms with Gasteiger partial charge in [-0.05, 0) is 23.5 Å². The van der Waals surface area contributed by atoms with E-state index in [1.165, 1.54) is 11.1 Å². The maximum atomic E-state index is 5.99. The Kier molecular flexibility index (Phi) is 5.61. The highest BCUT2D eigenvalue weighted by Crippen LogP contribution is 2.33. The molecule has 0 aliphatic rings. The van der Waals surface area contributed by atoms with Crippen molar-refractivity contribution in [2.24, 2.45) is 0 Å². The van der Waals surface area contributed by atoms with Gasteiger partial charge in [-0.3, -0.25) is 0 Å². The lowest BCUT2D eigenvalue weighted by atomic mass is 9.85. The van der Waals surface area contributed by atoms with Crippen molar-refractivity contribution < 1.29 is 9.47 Å². The summed E-state index contributed by atoms with van der Waals surface area (Å²) in [5, 5.41) is 0. The number of hydrogen-bond acceptors (Lipinski definition) is 3. The Balaban J connectivity index is 1.79. The Bertz CT molecular complexity index is 571. The van der Waals surface area contributed by atoms with Crippen LogP contribution in [0.4, 0.5) is 0 Å². The first-order valence-corrected chi connectivity index (χ1v) is 7.75. The van der Waals surface area contributed by atoms with Gasteiger partial charge in [0.05, 0.1) is 19.5 Å². The van der Waals surface area contributed by atoms with E-state index in [4.69, 9.17) is 9.47 Å². The number of imidazole rings is 1. The summed E-state index contributed by atoms with van der Waals surface area (Å²) in [6.07, 6.45) is 5.50. The van der Waals surface area contributed by atoms with E-state index in [2.05, 4.69) is 50.9 Å². The Morgan fingerprint density at radius 1 is 1.14 bits per heavy atom. The molecule has 4 nitrogen and oxygen atoms in total. The second-order valence-corrected chi connectivity index (χ2v) is 6.46. The molecule has 0 aliphatic carbocycles. The molecule has 2 aromatic rings. The molecule has 0 bridgehead atoms. The number of benzene rings is 1. The van der Waals surface area contributed by atoms with Crippen molar-refractivity contribution in [3.8, 4) is 5.75 Å². The van der Waals surface area contributed by atoms with Gasteiger partial charge in [0.2, 0.25) is 0 Å². The van der Waals surface area contributed by atoms with Gasteiger partial charge in [-0.15, -0.1) is 0 Å². The Labute approximate surface area is 133 Å². The molecule has 0 N–H and O–H groups in total. The molecule has 0 atom stereocenters. The van der Waals surface area contributed by atoms with Crippen LogP contribution in [0.15, 0.2) is 36.9 Å². The molecule has 0 aliphatic heterocycles. The summed E-state index contributed by atoms with van der Waals surface area (Å²) in [7, 11) is 0. The molecule has 1 heterocycles. The lowest BCUT2D eigenvalue weighted by molar-refractivity contribution is 0.0935. The monoisotopic (exact) mass is 302 g/mol. The van der Waals surface area contributed by atoms with Gasteiger partial charge in [-0.25, -0.2) is 4.98 Å². The van der Waals surface area contributed by atoms with E-state index >= 15 is 0 Å². The van der Waals surface area contributed by atoms with E-state index in [1.807, 2.05) is 10.8 Å². The van der Waals surface area contributed by atoms with E-state index in [1.54, 1.807) is 12.5 Å². The number of aromatic nitrogens is 2. The first kappa shape index (κ1) is 16.6. The Morgan fingerprint density at radius 3 is 2.64 bits per heavy atom. The van der Waals surface area contributed by atoms with Gasteiger partial charge in [0.25, 0.3) is 0 Å². The zero-order valence-corrected chi connectivity index (χ0v) is 14.0. The zero-order chi connectivity index (χ0) is 16.0. The van der Waals surface area contributed by atoms with Crippen LogP contribution in [-0.4, -0.2) is 29.4 Å². The lowest BCUT2D eigenvalue weighted by Gasteiger charge is -2.24. The van der Waals surface area contributed by atoms with Crippen LogP contribution in [0.1, 0.15) is 31.9 Å². The molecule has 1 aromatic heterocycles. The predicted octanol–water partition coefficient (Wildman–Crippen LogP) is 3.58. The predicted molar refractivity (Wildman–Crippen MR) is 88.4 cm³/mol. The van der Waals surface area contributed by atoms with Crippen LogP contribution in [0, 0.1) is 6.92 Å². The van der Waals surface area contributed by atoms with Crippen molar-refractivity contribution in [1.82, 2.24) is 9.55 Å². The number of para-hydroxylation sites is 1. The minimum atomic E-state index is 0.0730. The number of nitrogens with zero attached hydrogens (tertiary/aromatic N) is 2. The second-order valence-electron chi connectivity index (χ2n) is 6.46. The Morgan fingerprint density at radius 2 is 1.95 bits per heavy atom. The lowest BCUT2D eigenvalue weighted by Crippen LogP contribution is -2.16. The van der Waals surface area contributed by atoms with Crippen LogP contribution in [-0.2, 0) is 16.7 Å². The third-order valence-corrected chi connectivity index (χ3v) is 3.55. The highest BCUT2D eigenvalue weighted by atomic mass is 16.5. The summed E-state index contributed by atoms with van der Waals surface area (Å²) >= 11 is 0. The van der Waals surface area contributed by atoms with Crippen molar-refractivity contribution in [3.05, 3.63) is 48.0 Å². The minimum Gasteiger partial charge on any atom is -0.491 e. The van der Waals surface area contributed by atoms with Gasteiger partial charge >= 0.3 is 0 Å². The van der Waals surface area contributed by atoms with E-state index in [0.29, 0.717) is 19.8 Å². The summed E-state index contributed by atoms with van der Waals surface area (Å²) in [5.41, 5.74) is 2.49. The summed E-state index contributed by atoms with van der Waals surface area (Å²) in [5.74, 6) is 0.994. The average Bonchev–Trinajstić information content (AvgIpc) is 2.96. The standard InChI is InChI=1S/C18H26N2O2/c1-15-6-5-7-16(18(2,3)4)17(15)22-13-12-21-11-10-20-9-8-19-14-20/h5-9,14H,10-13H2,1-4H3. The van der Waals surface area contributed by atoms with Crippen LogP contribution in [0.2, 0.25) is 0 Å². The number of ether oxygens (including phenoxy) is 2. The zero-order valence-electron chi connectivity index (χ0n) is 14.0. The van der Waals surface area contributed by atoms with Crippen LogP contribution in [0.5, 0.6) is 5.75 Å². The second kappa shape index (κ2) is 7.45. The quantitative estimate of drug-likeness (QED) is 0.733. The number of hydrogen-bond donors (Lipinski definition) is 0. The summed E-state index contributed by atoms with van der Waals surface area (Å²) in [6.45, 7) is 11.3. The highest BCUT2D eigenvalue weighted by molar-refractivity contribution is 5.44. The molecule has 0 spiro atoms. The van der Waals surface area contributed by atoms with Gasteiger partial charge in [0, 0.05) is 18.9 Å². The maximum absolute atomic E-state index is 5.99. The van der Waals surface area contributed by atoms with Gasteiger partial charge in [0.1, 0.15) is 12.4 Å². The van der Waals surface area contributed by atoms with Crippen LogP contribution >= 0.6 is 0 Å². The number of aryl methyl sites for hydroxylation is 1. The number of rotatable bonds is 7. The van der Waals surface area contributed by atoms with E-state index in [-0.39, 0.29) is 5.41 Å². The van der Waals surface area contributed by atoms with E-state index < -0.39 is 0 Å². The molecule has 1 aromatic carbocycles. The molecule has 0 amide bonds. The van der Waals surface area contributed by atoms with Crippen molar-refractivity contribution in [1.29, 1.82) is 0 Å². The fourth-order valence-electron chi connectivity index (χ4n) is 2.33. The van der Waals surface area contributed by atoms with Crippen LogP contribution < -0.4 is 4.74 Å². The normalized spacial score (nSPS) is 11.6. The average molecular weight is 302 g/mol. The van der Waals surface area contributed by atoms with Crippen LogP contribution in [0.3, 0.4) is 0 Å². The third kappa shape index (κ3) is 4.60. The summed E-state index contributed by atoms with van der Waals surface area (Å²) < 4.78 is 13.6.